The Hall–Kier alpha value is 1.12. The first-order chi connectivity index (χ1) is 11.6. The van der Waals surface area contributed by atoms with Crippen molar-refractivity contribution >= 4 is 0 Å². The minimum atomic E-state index is 0. The predicted molar refractivity (Wildman–Crippen MR) is 82.6 cm³/mol. The van der Waals surface area contributed by atoms with Gasteiger partial charge in [-0.15, -0.1) is 6.20 Å². The first-order valence-corrected chi connectivity index (χ1v) is 6.49. The first kappa shape index (κ1) is 40.5. The van der Waals surface area contributed by atoms with Crippen LogP contribution in [0.5, 0.6) is 0 Å². The molecule has 29 heavy (non-hydrogen) atoms. The summed E-state index contributed by atoms with van der Waals surface area (Å²) in [5, 5.41) is 13.4. The maximum Gasteiger partial charge on any atom is 0.0687 e. The molecule has 0 aliphatic carbocycles. The normalized spacial score (nSPS) is 7.31. The molecule has 0 N–H and O–H groups in total. The molecule has 4 aromatic rings. The maximum atomic E-state index is 4.53. The third kappa shape index (κ3) is 25.3. The standard InChI is InChI=1S/2C4H4NO.2C3H3N2O.CH4.4Y/c1-4-2-3-6-5-4;1-4-2-3-5-6-4;1-3-4-2-6-5-3;1-3-4-2-5-6-3;;;;;/h2*2H,1H3;2*1H3;1H4;;;;/q4*-1;;;;;. The van der Waals surface area contributed by atoms with E-state index in [0.717, 1.165) is 11.5 Å². The third-order valence-corrected chi connectivity index (χ3v) is 1.87. The monoisotopic (exact) mass is 702 g/mol. The van der Waals surface area contributed by atoms with Crippen molar-refractivity contribution in [2.75, 3.05) is 0 Å². The molecule has 0 unspecified atom stereocenters. The molecule has 4 rings (SSSR count). The predicted octanol–water partition coefficient (Wildman–Crippen LogP) is 2.55. The molecule has 14 heteroatoms. The Balaban J connectivity index is -0.0000000835. The van der Waals surface area contributed by atoms with Gasteiger partial charge in [0.05, 0.1) is 12.3 Å². The van der Waals surface area contributed by atoms with Gasteiger partial charge in [-0.25, -0.2) is 10.3 Å². The number of rotatable bonds is 0. The van der Waals surface area contributed by atoms with Crippen molar-refractivity contribution in [1.82, 2.24) is 30.6 Å². The van der Waals surface area contributed by atoms with E-state index in [1.807, 2.05) is 13.8 Å². The zero-order chi connectivity index (χ0) is 17.6. The Morgan fingerprint density at radius 2 is 1.48 bits per heavy atom. The summed E-state index contributed by atoms with van der Waals surface area (Å²) in [6, 6.07) is 3.36. The van der Waals surface area contributed by atoms with Crippen LogP contribution in [0.15, 0.2) is 30.2 Å². The molecule has 10 nitrogen and oxygen atoms in total. The van der Waals surface area contributed by atoms with Gasteiger partial charge in [0.1, 0.15) is 0 Å². The second-order valence-electron chi connectivity index (χ2n) is 4.00. The van der Waals surface area contributed by atoms with Crippen molar-refractivity contribution in [3.63, 3.8) is 0 Å². The van der Waals surface area contributed by atoms with E-state index in [4.69, 9.17) is 0 Å². The molecule has 0 aromatic carbocycles. The molecule has 148 valence electrons. The van der Waals surface area contributed by atoms with Crippen molar-refractivity contribution < 1.29 is 149 Å². The van der Waals surface area contributed by atoms with Gasteiger partial charge in [-0.05, 0) is 18.4 Å². The Morgan fingerprint density at radius 1 is 0.793 bits per heavy atom. The molecule has 4 radical (unpaired) electrons. The number of aromatic nitrogens is 6. The van der Waals surface area contributed by atoms with E-state index in [2.05, 4.69) is 73.9 Å². The Bertz CT molecular complexity index is 594. The van der Waals surface area contributed by atoms with E-state index in [9.17, 15) is 0 Å². The van der Waals surface area contributed by atoms with Gasteiger partial charge in [-0.1, -0.05) is 40.8 Å². The SMILES string of the molecule is C.Cc1c[c-]no1.Cc1c[c-]on1.Cc1n[c-]no1.Cc1n[c-]on1.[Y].[Y].[Y].[Y]. The minimum Gasteiger partial charge on any atom is -0.480 e. The largest absolute Gasteiger partial charge is 0.480 e. The summed E-state index contributed by atoms with van der Waals surface area (Å²) in [5.41, 5.74) is 0.870. The fraction of sp³-hybridized carbons (Fsp3) is 0.333. The van der Waals surface area contributed by atoms with Crippen molar-refractivity contribution in [2.24, 2.45) is 0 Å². The van der Waals surface area contributed by atoms with Crippen LogP contribution in [-0.2, 0) is 131 Å². The molecular weight excluding hydrogens is 684 g/mol. The number of hydrogen-bond acceptors (Lipinski definition) is 10. The second kappa shape index (κ2) is 27.1. The third-order valence-electron chi connectivity index (χ3n) is 1.87. The van der Waals surface area contributed by atoms with Crippen molar-refractivity contribution in [2.45, 2.75) is 35.1 Å². The summed E-state index contributed by atoms with van der Waals surface area (Å²) in [6.45, 7) is 7.12. The van der Waals surface area contributed by atoms with E-state index in [1.165, 1.54) is 0 Å². The van der Waals surface area contributed by atoms with Crippen LogP contribution in [0, 0.1) is 52.9 Å². The molecule has 4 heterocycles. The Kier molecular flexibility index (Phi) is 37.9. The average Bonchev–Trinajstić information content (AvgIpc) is 3.31. The van der Waals surface area contributed by atoms with Gasteiger partial charge in [-0.2, -0.15) is 22.4 Å². The number of aryl methyl sites for hydroxylation is 4. The van der Waals surface area contributed by atoms with Crippen LogP contribution in [-0.4, -0.2) is 30.6 Å². The van der Waals surface area contributed by atoms with Crippen LogP contribution in [0.3, 0.4) is 0 Å². The number of nitrogens with zero attached hydrogens (tertiary/aromatic N) is 6. The van der Waals surface area contributed by atoms with Crippen LogP contribution in [0.1, 0.15) is 30.6 Å². The molecule has 0 aliphatic heterocycles. The molecular formula is C15H18N6O4Y4-4. The molecule has 4 aromatic heterocycles. The first-order valence-electron chi connectivity index (χ1n) is 6.49. The molecule has 0 amide bonds. The summed E-state index contributed by atoms with van der Waals surface area (Å²) in [5.74, 6) is 1.97. The quantitative estimate of drug-likeness (QED) is 0.252. The summed E-state index contributed by atoms with van der Waals surface area (Å²) in [6.07, 6.45) is 9.41. The van der Waals surface area contributed by atoms with Gasteiger partial charge >= 0.3 is 0 Å². The number of hydrogen-bond donors (Lipinski definition) is 0. The van der Waals surface area contributed by atoms with Crippen LogP contribution < -0.4 is 0 Å². The minimum absolute atomic E-state index is 0. The Labute approximate surface area is 270 Å². The summed E-state index contributed by atoms with van der Waals surface area (Å²) in [4.78, 5) is 7.03. The van der Waals surface area contributed by atoms with Crippen molar-refractivity contribution in [3.05, 3.63) is 60.5 Å². The van der Waals surface area contributed by atoms with Gasteiger partial charge in [-0.3, -0.25) is 0 Å². The molecule has 0 bridgehead atoms. The van der Waals surface area contributed by atoms with Gasteiger partial charge in [0, 0.05) is 137 Å². The van der Waals surface area contributed by atoms with Crippen LogP contribution in [0.25, 0.3) is 0 Å². The van der Waals surface area contributed by atoms with E-state index < -0.39 is 0 Å². The molecule has 0 aliphatic rings. The van der Waals surface area contributed by atoms with E-state index in [-0.39, 0.29) is 138 Å². The zero-order valence-electron chi connectivity index (χ0n) is 15.8. The average molecular weight is 702 g/mol. The topological polar surface area (TPSA) is 130 Å². The van der Waals surface area contributed by atoms with Crippen molar-refractivity contribution in [3.8, 4) is 0 Å². The molecule has 0 saturated heterocycles. The fourth-order valence-electron chi connectivity index (χ4n) is 0.869. The molecule has 0 spiro atoms. The van der Waals surface area contributed by atoms with E-state index >= 15 is 0 Å². The molecule has 0 saturated carbocycles. The van der Waals surface area contributed by atoms with Crippen molar-refractivity contribution in [1.29, 1.82) is 0 Å². The zero-order valence-corrected chi connectivity index (χ0v) is 27.1. The van der Waals surface area contributed by atoms with Gasteiger partial charge < -0.3 is 28.1 Å². The molecule has 0 atom stereocenters. The Morgan fingerprint density at radius 3 is 1.62 bits per heavy atom. The van der Waals surface area contributed by atoms with Gasteiger partial charge in [0.25, 0.3) is 0 Å². The fourth-order valence-corrected chi connectivity index (χ4v) is 0.869. The van der Waals surface area contributed by atoms with Gasteiger partial charge in [0.2, 0.25) is 0 Å². The second-order valence-corrected chi connectivity index (χ2v) is 4.00. The summed E-state index contributed by atoms with van der Waals surface area (Å²) >= 11 is 0. The van der Waals surface area contributed by atoms with E-state index in [1.54, 1.807) is 26.0 Å². The van der Waals surface area contributed by atoms with E-state index in [0.29, 0.717) is 11.7 Å². The van der Waals surface area contributed by atoms with Crippen LogP contribution >= 0.6 is 0 Å². The molecule has 0 fully saturated rings. The smallest absolute Gasteiger partial charge is 0.0687 e. The summed E-state index contributed by atoms with van der Waals surface area (Å²) < 4.78 is 17.5. The van der Waals surface area contributed by atoms with Crippen LogP contribution in [0.2, 0.25) is 0 Å². The van der Waals surface area contributed by atoms with Crippen LogP contribution in [0.4, 0.5) is 0 Å². The summed E-state index contributed by atoms with van der Waals surface area (Å²) in [7, 11) is 0. The maximum absolute atomic E-state index is 4.53. The van der Waals surface area contributed by atoms with Gasteiger partial charge in [0.15, 0.2) is 0 Å².